The van der Waals surface area contributed by atoms with Gasteiger partial charge in [0, 0.05) is 40.8 Å². The molecule has 7 heteroatoms. The number of pyridine rings is 1. The summed E-state index contributed by atoms with van der Waals surface area (Å²) in [6, 6.07) is 7.39. The Bertz CT molecular complexity index is 1360. The highest BCUT2D eigenvalue weighted by Crippen LogP contribution is 2.47. The van der Waals surface area contributed by atoms with Crippen molar-refractivity contribution in [3.63, 3.8) is 0 Å². The highest BCUT2D eigenvalue weighted by Gasteiger charge is 2.36. The highest BCUT2D eigenvalue weighted by atomic mass is 32.1. The minimum Gasteiger partial charge on any atom is -0.477 e. The fourth-order valence-corrected chi connectivity index (χ4v) is 4.93. The molecule has 0 saturated heterocycles. The molecule has 1 N–H and O–H groups in total. The lowest BCUT2D eigenvalue weighted by molar-refractivity contribution is 0.0693. The molecule has 3 aromatic heterocycles. The third-order valence-corrected chi connectivity index (χ3v) is 6.56. The van der Waals surface area contributed by atoms with Crippen molar-refractivity contribution in [1.82, 2.24) is 9.55 Å². The Labute approximate surface area is 176 Å². The van der Waals surface area contributed by atoms with E-state index in [4.69, 9.17) is 4.42 Å². The molecule has 0 bridgehead atoms. The summed E-state index contributed by atoms with van der Waals surface area (Å²) < 4.78 is 8.25. The summed E-state index contributed by atoms with van der Waals surface area (Å²) in [5.74, 6) is -0.590. The fraction of sp³-hybridized carbons (Fsp3) is 0.261. The van der Waals surface area contributed by atoms with Gasteiger partial charge in [-0.2, -0.15) is 0 Å². The second-order valence-corrected chi connectivity index (χ2v) is 9.56. The quantitative estimate of drug-likeness (QED) is 0.480. The molecule has 1 atom stereocenters. The van der Waals surface area contributed by atoms with Crippen molar-refractivity contribution in [3.8, 4) is 22.0 Å². The second-order valence-electron chi connectivity index (χ2n) is 8.66. The first-order chi connectivity index (χ1) is 14.3. The largest absolute Gasteiger partial charge is 0.477 e. The fourth-order valence-electron chi connectivity index (χ4n) is 4.27. The van der Waals surface area contributed by atoms with Crippen LogP contribution in [0.3, 0.4) is 0 Å². The number of furan rings is 1. The van der Waals surface area contributed by atoms with Crippen molar-refractivity contribution in [3.05, 3.63) is 63.4 Å². The van der Waals surface area contributed by atoms with Crippen LogP contribution in [0.1, 0.15) is 42.7 Å². The van der Waals surface area contributed by atoms with Crippen LogP contribution in [0.2, 0.25) is 0 Å². The van der Waals surface area contributed by atoms with Crippen LogP contribution in [0, 0.1) is 5.41 Å². The minimum absolute atomic E-state index is 0.0250. The van der Waals surface area contributed by atoms with Gasteiger partial charge in [-0.15, -0.1) is 11.3 Å². The molecule has 0 saturated carbocycles. The van der Waals surface area contributed by atoms with Crippen LogP contribution in [-0.2, 0) is 6.42 Å². The van der Waals surface area contributed by atoms with Gasteiger partial charge in [-0.3, -0.25) is 4.79 Å². The molecule has 1 aliphatic rings. The minimum atomic E-state index is -1.22. The second kappa shape index (κ2) is 6.40. The van der Waals surface area contributed by atoms with Gasteiger partial charge in [0.25, 0.3) is 0 Å². The van der Waals surface area contributed by atoms with Crippen molar-refractivity contribution in [1.29, 1.82) is 0 Å². The van der Waals surface area contributed by atoms with Crippen LogP contribution < -0.4 is 5.43 Å². The van der Waals surface area contributed by atoms with E-state index in [0.29, 0.717) is 17.9 Å². The molecular formula is C23H20N2O4S. The molecule has 6 nitrogen and oxygen atoms in total. The molecule has 30 heavy (non-hydrogen) atoms. The maximum absolute atomic E-state index is 12.5. The molecule has 1 aliphatic heterocycles. The number of carboxylic acids is 1. The number of para-hydroxylation sites is 1. The van der Waals surface area contributed by atoms with Gasteiger partial charge in [-0.1, -0.05) is 32.9 Å². The van der Waals surface area contributed by atoms with E-state index < -0.39 is 11.4 Å². The van der Waals surface area contributed by atoms with Crippen molar-refractivity contribution in [2.24, 2.45) is 5.41 Å². The maximum atomic E-state index is 12.5. The summed E-state index contributed by atoms with van der Waals surface area (Å²) in [6.07, 6.45) is 3.91. The number of aromatic carboxylic acids is 1. The Kier molecular flexibility index (Phi) is 4.02. The van der Waals surface area contributed by atoms with E-state index in [9.17, 15) is 14.7 Å². The van der Waals surface area contributed by atoms with Gasteiger partial charge in [-0.25, -0.2) is 9.78 Å². The highest BCUT2D eigenvalue weighted by molar-refractivity contribution is 7.13. The van der Waals surface area contributed by atoms with Crippen molar-refractivity contribution in [2.45, 2.75) is 33.2 Å². The van der Waals surface area contributed by atoms with E-state index in [-0.39, 0.29) is 17.0 Å². The SMILES string of the molecule is CC(C)(C)[C@@H]1Cc2c(oc3c(-c4nccs4)cccc23)-c2cc(=O)c(C(=O)O)cn21. The van der Waals surface area contributed by atoms with Crippen molar-refractivity contribution in [2.75, 3.05) is 0 Å². The average Bonchev–Trinajstić information content (AvgIpc) is 3.33. The number of benzene rings is 1. The summed E-state index contributed by atoms with van der Waals surface area (Å²) in [4.78, 5) is 28.5. The zero-order chi connectivity index (χ0) is 21.2. The number of hydrogen-bond donors (Lipinski definition) is 1. The number of carbonyl (C=O) groups is 1. The molecule has 0 radical (unpaired) electrons. The van der Waals surface area contributed by atoms with Crippen LogP contribution in [-0.4, -0.2) is 20.6 Å². The first-order valence-electron chi connectivity index (χ1n) is 9.70. The summed E-state index contributed by atoms with van der Waals surface area (Å²) in [5.41, 5.74) is 2.42. The van der Waals surface area contributed by atoms with E-state index in [1.807, 2.05) is 28.1 Å². The molecule has 0 unspecified atom stereocenters. The van der Waals surface area contributed by atoms with E-state index in [1.54, 1.807) is 17.5 Å². The first-order valence-corrected chi connectivity index (χ1v) is 10.6. The van der Waals surface area contributed by atoms with Gasteiger partial charge < -0.3 is 14.1 Å². The number of carboxylic acid groups (broad SMARTS) is 1. The van der Waals surface area contributed by atoms with Gasteiger partial charge >= 0.3 is 5.97 Å². The molecule has 0 amide bonds. The van der Waals surface area contributed by atoms with E-state index >= 15 is 0 Å². The molecule has 1 aromatic carbocycles. The Morgan fingerprint density at radius 3 is 2.80 bits per heavy atom. The molecule has 5 rings (SSSR count). The monoisotopic (exact) mass is 420 g/mol. The van der Waals surface area contributed by atoms with Crippen molar-refractivity contribution < 1.29 is 14.3 Å². The Hall–Kier alpha value is -3.19. The summed E-state index contributed by atoms with van der Waals surface area (Å²) in [6.45, 7) is 6.36. The van der Waals surface area contributed by atoms with Crippen molar-refractivity contribution >= 4 is 28.3 Å². The lowest BCUT2D eigenvalue weighted by atomic mass is 9.79. The number of nitrogens with zero attached hydrogens (tertiary/aromatic N) is 2. The van der Waals surface area contributed by atoms with Crippen LogP contribution >= 0.6 is 11.3 Å². The molecule has 4 aromatic rings. The average molecular weight is 420 g/mol. The predicted molar refractivity (Wildman–Crippen MR) is 116 cm³/mol. The lowest BCUT2D eigenvalue weighted by Gasteiger charge is -2.37. The smallest absolute Gasteiger partial charge is 0.341 e. The topological polar surface area (TPSA) is 85.3 Å². The third-order valence-electron chi connectivity index (χ3n) is 5.76. The molecule has 4 heterocycles. The maximum Gasteiger partial charge on any atom is 0.341 e. The zero-order valence-corrected chi connectivity index (χ0v) is 17.6. The van der Waals surface area contributed by atoms with Gasteiger partial charge in [0.2, 0.25) is 0 Å². The number of hydrogen-bond acceptors (Lipinski definition) is 5. The lowest BCUT2D eigenvalue weighted by Crippen LogP contribution is -2.32. The van der Waals surface area contributed by atoms with Gasteiger partial charge in [-0.05, 0) is 17.9 Å². The predicted octanol–water partition coefficient (Wildman–Crippen LogP) is 5.23. The van der Waals surface area contributed by atoms with Crippen LogP contribution in [0.15, 0.2) is 51.3 Å². The number of rotatable bonds is 2. The Morgan fingerprint density at radius 1 is 1.33 bits per heavy atom. The third kappa shape index (κ3) is 2.73. The summed E-state index contributed by atoms with van der Waals surface area (Å²) in [7, 11) is 0. The first kappa shape index (κ1) is 18.8. The van der Waals surface area contributed by atoms with Gasteiger partial charge in [0.05, 0.1) is 11.3 Å². The van der Waals surface area contributed by atoms with Crippen LogP contribution in [0.5, 0.6) is 0 Å². The molecular weight excluding hydrogens is 400 g/mol. The van der Waals surface area contributed by atoms with E-state index in [0.717, 1.165) is 27.1 Å². The molecule has 0 spiro atoms. The zero-order valence-electron chi connectivity index (χ0n) is 16.8. The van der Waals surface area contributed by atoms with E-state index in [2.05, 4.69) is 25.8 Å². The Morgan fingerprint density at radius 2 is 2.13 bits per heavy atom. The summed E-state index contributed by atoms with van der Waals surface area (Å²) >= 11 is 1.54. The van der Waals surface area contributed by atoms with Gasteiger partial charge in [0.15, 0.2) is 11.2 Å². The molecule has 152 valence electrons. The van der Waals surface area contributed by atoms with E-state index in [1.165, 1.54) is 12.3 Å². The number of aromatic nitrogens is 2. The normalized spacial score (nSPS) is 15.8. The number of thiazole rings is 1. The molecule has 0 fully saturated rings. The molecule has 0 aliphatic carbocycles. The number of fused-ring (bicyclic) bond motifs is 5. The Balaban J connectivity index is 1.84. The van der Waals surface area contributed by atoms with Crippen LogP contribution in [0.4, 0.5) is 0 Å². The summed E-state index contributed by atoms with van der Waals surface area (Å²) in [5, 5.41) is 13.3. The standard InChI is InChI=1S/C23H20N2O4S/c1-23(2,3)18-9-14-12-5-4-6-13(21-24-7-8-30-21)19(12)29-20(14)16-10-17(26)15(22(27)28)11-25(16)18/h4-8,10-11,18H,9H2,1-3H3,(H,27,28)/t18-/m0/s1. The van der Waals surface area contributed by atoms with Crippen LogP contribution in [0.25, 0.3) is 33.0 Å². The van der Waals surface area contributed by atoms with Gasteiger partial charge in [0.1, 0.15) is 16.2 Å².